The van der Waals surface area contributed by atoms with E-state index in [1.54, 1.807) is 12.7 Å². The van der Waals surface area contributed by atoms with Crippen molar-refractivity contribution in [2.75, 3.05) is 26.9 Å². The predicted octanol–water partition coefficient (Wildman–Crippen LogP) is 9.59. The van der Waals surface area contributed by atoms with Crippen LogP contribution in [0.15, 0.2) is 11.6 Å². The highest BCUT2D eigenvalue weighted by Crippen LogP contribution is 2.84. The Morgan fingerprint density at radius 3 is 2.14 bits per heavy atom. The van der Waals surface area contributed by atoms with E-state index >= 15 is 0 Å². The van der Waals surface area contributed by atoms with Gasteiger partial charge in [-0.15, -0.1) is 0 Å². The predicted molar refractivity (Wildman–Crippen MR) is 185 cm³/mol. The number of allylic oxidation sites excluding steroid dienone is 1. The van der Waals surface area contributed by atoms with Crippen molar-refractivity contribution < 1.29 is 22.8 Å². The summed E-state index contributed by atoms with van der Waals surface area (Å²) in [5.74, 6) is 0.937. The van der Waals surface area contributed by atoms with E-state index in [-0.39, 0.29) is 36.7 Å². The van der Waals surface area contributed by atoms with Gasteiger partial charge in [0.15, 0.2) is 8.32 Å². The molecular formula is C33H60Br2O5Si2. The maximum absolute atomic E-state index is 7.24. The van der Waals surface area contributed by atoms with Crippen molar-refractivity contribution in [1.82, 2.24) is 0 Å². The third-order valence-electron chi connectivity index (χ3n) is 11.7. The maximum atomic E-state index is 7.24. The van der Waals surface area contributed by atoms with Crippen molar-refractivity contribution in [3.05, 3.63) is 11.6 Å². The summed E-state index contributed by atoms with van der Waals surface area (Å²) in [5, 5.41) is 0.203. The molecule has 0 heterocycles. The molecule has 5 nitrogen and oxygen atoms in total. The highest BCUT2D eigenvalue weighted by Gasteiger charge is 2.81. The first kappa shape index (κ1) is 35.8. The van der Waals surface area contributed by atoms with Crippen LogP contribution in [0.1, 0.15) is 87.5 Å². The molecule has 0 radical (unpaired) electrons. The van der Waals surface area contributed by atoms with Crippen LogP contribution in [-0.2, 0) is 22.8 Å². The lowest BCUT2D eigenvalue weighted by atomic mass is 9.51. The first-order valence-electron chi connectivity index (χ1n) is 16.4. The molecule has 0 spiro atoms. The number of hydrogen-bond acceptors (Lipinski definition) is 5. The largest absolute Gasteiger partial charge is 0.413 e. The molecule has 4 rings (SSSR count). The number of halogens is 2. The molecule has 6 atom stereocenters. The Morgan fingerprint density at radius 1 is 0.976 bits per heavy atom. The zero-order valence-corrected chi connectivity index (χ0v) is 33.8. The van der Waals surface area contributed by atoms with Crippen LogP contribution in [0, 0.1) is 28.1 Å². The van der Waals surface area contributed by atoms with E-state index in [4.69, 9.17) is 22.8 Å². The van der Waals surface area contributed by atoms with Gasteiger partial charge >= 0.3 is 8.56 Å². The molecule has 2 unspecified atom stereocenters. The molecule has 0 amide bonds. The summed E-state index contributed by atoms with van der Waals surface area (Å²) in [6.07, 6.45) is 8.92. The van der Waals surface area contributed by atoms with Crippen molar-refractivity contribution in [1.29, 1.82) is 0 Å². The van der Waals surface area contributed by atoms with Crippen molar-refractivity contribution in [3.63, 3.8) is 0 Å². The zero-order valence-electron chi connectivity index (χ0n) is 28.6. The van der Waals surface area contributed by atoms with E-state index in [0.717, 1.165) is 38.3 Å². The fourth-order valence-electron chi connectivity index (χ4n) is 8.97. The Morgan fingerprint density at radius 2 is 1.60 bits per heavy atom. The smallest absolute Gasteiger partial charge is 0.336 e. The van der Waals surface area contributed by atoms with E-state index in [0.29, 0.717) is 31.2 Å². The van der Waals surface area contributed by atoms with Crippen molar-refractivity contribution in [3.8, 4) is 0 Å². The lowest BCUT2D eigenvalue weighted by molar-refractivity contribution is -0.0659. The Bertz CT molecular complexity index is 1000. The fraction of sp³-hybridized carbons (Fsp3) is 0.939. The molecular weight excluding hydrogens is 692 g/mol. The van der Waals surface area contributed by atoms with Crippen LogP contribution < -0.4 is 0 Å². The summed E-state index contributed by atoms with van der Waals surface area (Å²) in [6, 6.07) is 0.981. The zero-order chi connectivity index (χ0) is 31.6. The molecule has 0 aromatic carbocycles. The third kappa shape index (κ3) is 6.16. The third-order valence-corrected chi connectivity index (χ3v) is 21.9. The molecule has 0 bridgehead atoms. The van der Waals surface area contributed by atoms with Gasteiger partial charge in [-0.1, -0.05) is 71.2 Å². The fourth-order valence-corrected chi connectivity index (χ4v) is 17.2. The number of methoxy groups -OCH3 is 1. The highest BCUT2D eigenvalue weighted by molar-refractivity contribution is 9.25. The summed E-state index contributed by atoms with van der Waals surface area (Å²) < 4.78 is 32.3. The molecule has 42 heavy (non-hydrogen) atoms. The topological polar surface area (TPSA) is 46.2 Å². The second kappa shape index (κ2) is 12.2. The van der Waals surface area contributed by atoms with Gasteiger partial charge in [-0.2, -0.15) is 0 Å². The SMILES string of the molecule is COCCOC[C@]12CCC3(C[Si](C)(OC(C)C)OC(C)C)C(C1=CC[C@]1(C)[C@@H](O[Si](C)(C)C(C)(C)C)CC[C@@H]21)C3(Br)Br. The van der Waals surface area contributed by atoms with Crippen LogP contribution >= 0.6 is 31.9 Å². The van der Waals surface area contributed by atoms with E-state index in [9.17, 15) is 0 Å². The van der Waals surface area contributed by atoms with E-state index in [1.807, 2.05) is 0 Å². The van der Waals surface area contributed by atoms with Gasteiger partial charge in [0.05, 0.1) is 29.2 Å². The average Bonchev–Trinajstić information content (AvgIpc) is 3.11. The van der Waals surface area contributed by atoms with Crippen LogP contribution in [0.3, 0.4) is 0 Å². The highest BCUT2D eigenvalue weighted by atomic mass is 79.9. The van der Waals surface area contributed by atoms with Gasteiger partial charge in [-0.05, 0) is 102 Å². The van der Waals surface area contributed by atoms with Gasteiger partial charge in [0, 0.05) is 36.1 Å². The van der Waals surface area contributed by atoms with Gasteiger partial charge < -0.3 is 22.8 Å². The number of alkyl halides is 2. The summed E-state index contributed by atoms with van der Waals surface area (Å²) in [7, 11) is -2.59. The van der Waals surface area contributed by atoms with Crippen LogP contribution in [0.4, 0.5) is 0 Å². The Labute approximate surface area is 276 Å². The van der Waals surface area contributed by atoms with Crippen molar-refractivity contribution in [2.45, 2.75) is 140 Å². The first-order chi connectivity index (χ1) is 19.2. The summed E-state index contributed by atoms with van der Waals surface area (Å²) >= 11 is 8.53. The van der Waals surface area contributed by atoms with Crippen molar-refractivity contribution >= 4 is 48.7 Å². The lowest BCUT2D eigenvalue weighted by Crippen LogP contribution is -2.54. The summed E-state index contributed by atoms with van der Waals surface area (Å²) in [6.45, 7) is 27.3. The Hall–Kier alpha value is 0.934. The van der Waals surface area contributed by atoms with Gasteiger partial charge in [0.2, 0.25) is 0 Å². The summed E-state index contributed by atoms with van der Waals surface area (Å²) in [5.41, 5.74) is 1.81. The second-order valence-corrected chi connectivity index (χ2v) is 27.8. The van der Waals surface area contributed by atoms with Crippen LogP contribution in [0.5, 0.6) is 0 Å². The minimum atomic E-state index is -2.45. The average molecular weight is 753 g/mol. The van der Waals surface area contributed by atoms with Crippen LogP contribution in [0.25, 0.3) is 0 Å². The molecule has 244 valence electrons. The molecule has 4 aliphatic rings. The minimum Gasteiger partial charge on any atom is -0.413 e. The Balaban J connectivity index is 1.71. The number of hydrogen-bond donors (Lipinski definition) is 0. The molecule has 9 heteroatoms. The standard InChI is InChI=1S/C33H60Br2O5Si2/c1-23(2)38-42(12,39-24(3)4)22-32-18-17-31(21-37-20-19-36-9)25(28(32)33(32,34)35)15-16-30(8)26(31)13-14-27(30)40-41(10,11)29(5,6)7/h15,23-24,26-28H,13-14,16-22H2,1-12H3/t26-,27+,28?,30+,31-,32?/m1/s1. The number of ether oxygens (including phenoxy) is 2. The molecule has 3 saturated carbocycles. The van der Waals surface area contributed by atoms with Gasteiger partial charge in [0.1, 0.15) is 0 Å². The normalized spacial score (nSPS) is 36.1. The minimum absolute atomic E-state index is 0.0134. The van der Waals surface area contributed by atoms with E-state index in [2.05, 4.69) is 113 Å². The molecule has 0 N–H and O–H groups in total. The van der Waals surface area contributed by atoms with Gasteiger partial charge in [0.25, 0.3) is 0 Å². The van der Waals surface area contributed by atoms with Crippen LogP contribution in [-0.4, -0.2) is 65.4 Å². The van der Waals surface area contributed by atoms with Crippen molar-refractivity contribution in [2.24, 2.45) is 28.1 Å². The molecule has 3 fully saturated rings. The quantitative estimate of drug-likeness (QED) is 0.0812. The molecule has 4 aliphatic carbocycles. The molecule has 0 saturated heterocycles. The molecule has 0 aromatic heterocycles. The Kier molecular flexibility index (Phi) is 10.4. The molecule has 0 aromatic rings. The van der Waals surface area contributed by atoms with Gasteiger partial charge in [-0.3, -0.25) is 0 Å². The lowest BCUT2D eigenvalue weighted by Gasteiger charge is -2.56. The van der Waals surface area contributed by atoms with Crippen LogP contribution in [0.2, 0.25) is 30.7 Å². The number of fused-ring (bicyclic) bond motifs is 5. The van der Waals surface area contributed by atoms with Gasteiger partial charge in [-0.25, -0.2) is 0 Å². The second-order valence-electron chi connectivity index (χ2n) is 16.4. The van der Waals surface area contributed by atoms with E-state index in [1.165, 1.54) is 6.42 Å². The summed E-state index contributed by atoms with van der Waals surface area (Å²) in [4.78, 5) is 0. The van der Waals surface area contributed by atoms with E-state index < -0.39 is 16.9 Å². The monoisotopic (exact) mass is 750 g/mol. The molecule has 0 aliphatic heterocycles. The number of rotatable bonds is 13. The maximum Gasteiger partial charge on any atom is 0.336 e. The first-order valence-corrected chi connectivity index (χ1v) is 23.4.